The summed E-state index contributed by atoms with van der Waals surface area (Å²) in [5, 5.41) is 4.46. The Kier molecular flexibility index (Phi) is 4.93. The van der Waals surface area contributed by atoms with Crippen molar-refractivity contribution < 1.29 is 13.2 Å². The predicted molar refractivity (Wildman–Crippen MR) is 79.2 cm³/mol. The van der Waals surface area contributed by atoms with E-state index in [1.54, 1.807) is 0 Å². The molecule has 0 saturated carbocycles. The summed E-state index contributed by atoms with van der Waals surface area (Å²) in [6.07, 6.45) is -2.74. The normalized spacial score (nSPS) is 12.5. The number of nitrogens with one attached hydrogen (secondary N) is 1. The van der Waals surface area contributed by atoms with E-state index in [1.165, 1.54) is 0 Å². The lowest BCUT2D eigenvalue weighted by Gasteiger charge is -2.08. The lowest BCUT2D eigenvalue weighted by molar-refractivity contribution is -0.135. The molecule has 2 nitrogen and oxygen atoms in total. The van der Waals surface area contributed by atoms with Crippen LogP contribution in [0.25, 0.3) is 10.9 Å². The molecule has 0 unspecified atom stereocenters. The quantitative estimate of drug-likeness (QED) is 0.832. The average Bonchev–Trinajstić information content (AvgIpc) is 2.74. The largest absolute Gasteiger partial charge is 0.389 e. The summed E-state index contributed by atoms with van der Waals surface area (Å²) >= 11 is 0. The van der Waals surface area contributed by atoms with Crippen molar-refractivity contribution in [1.29, 1.82) is 0 Å². The number of para-hydroxylation sites is 1. The van der Waals surface area contributed by atoms with E-state index in [0.717, 1.165) is 23.0 Å². The van der Waals surface area contributed by atoms with Crippen molar-refractivity contribution in [3.63, 3.8) is 0 Å². The number of hydrogen-bond donors (Lipinski definition) is 1. The highest BCUT2D eigenvalue weighted by molar-refractivity contribution is 5.83. The molecule has 0 fully saturated rings. The Morgan fingerprint density at radius 3 is 2.57 bits per heavy atom. The fourth-order valence-electron chi connectivity index (χ4n) is 2.41. The fourth-order valence-corrected chi connectivity index (χ4v) is 2.41. The van der Waals surface area contributed by atoms with Crippen LogP contribution in [0.4, 0.5) is 13.2 Å². The smallest absolute Gasteiger partial charge is 0.347 e. The van der Waals surface area contributed by atoms with Gasteiger partial charge in [-0.25, -0.2) is 0 Å². The monoisotopic (exact) mass is 298 g/mol. The molecule has 1 aromatic carbocycles. The van der Waals surface area contributed by atoms with Gasteiger partial charge in [-0.05, 0) is 18.1 Å². The number of aryl methyl sites for hydroxylation is 1. The Labute approximate surface area is 122 Å². The average molecular weight is 298 g/mol. The van der Waals surface area contributed by atoms with E-state index in [9.17, 15) is 13.2 Å². The van der Waals surface area contributed by atoms with Crippen molar-refractivity contribution in [1.82, 2.24) is 9.88 Å². The maximum atomic E-state index is 12.3. The van der Waals surface area contributed by atoms with Gasteiger partial charge < -0.3 is 9.88 Å². The molecule has 1 heterocycles. The Morgan fingerprint density at radius 2 is 1.90 bits per heavy atom. The molecule has 0 saturated heterocycles. The van der Waals surface area contributed by atoms with Gasteiger partial charge in [0.2, 0.25) is 0 Å². The minimum Gasteiger partial charge on any atom is -0.347 e. The summed E-state index contributed by atoms with van der Waals surface area (Å²) in [4.78, 5) is 0. The molecule has 0 atom stereocenters. The number of halogens is 3. The fraction of sp³-hybridized carbons (Fsp3) is 0.500. The van der Waals surface area contributed by atoms with Crippen LogP contribution in [0.2, 0.25) is 0 Å². The van der Waals surface area contributed by atoms with Crippen LogP contribution < -0.4 is 5.32 Å². The molecule has 0 aliphatic rings. The van der Waals surface area contributed by atoms with Crippen molar-refractivity contribution in [2.24, 2.45) is 0 Å². The highest BCUT2D eigenvalue weighted by Crippen LogP contribution is 2.25. The van der Waals surface area contributed by atoms with Gasteiger partial charge >= 0.3 is 6.18 Å². The van der Waals surface area contributed by atoms with E-state index in [4.69, 9.17) is 0 Å². The van der Waals surface area contributed by atoms with Crippen LogP contribution in [0.1, 0.15) is 32.3 Å². The standard InChI is InChI=1S/C16H21F3N2/c1-12(2)20-10-13-11-21(9-5-8-16(17,18)19)15-7-4-3-6-14(13)15/h3-4,6-7,11-12,20H,5,8-10H2,1-2H3. The van der Waals surface area contributed by atoms with E-state index < -0.39 is 12.6 Å². The minimum atomic E-state index is -4.08. The highest BCUT2D eigenvalue weighted by Gasteiger charge is 2.26. The Hall–Kier alpha value is -1.49. The maximum absolute atomic E-state index is 12.3. The second-order valence-corrected chi connectivity index (χ2v) is 5.62. The van der Waals surface area contributed by atoms with E-state index >= 15 is 0 Å². The van der Waals surface area contributed by atoms with Crippen molar-refractivity contribution in [2.75, 3.05) is 0 Å². The number of nitrogens with zero attached hydrogens (tertiary/aromatic N) is 1. The Balaban J connectivity index is 2.15. The summed E-state index contributed by atoms with van der Waals surface area (Å²) in [7, 11) is 0. The van der Waals surface area contributed by atoms with Crippen LogP contribution in [0.3, 0.4) is 0 Å². The van der Waals surface area contributed by atoms with Crippen LogP contribution >= 0.6 is 0 Å². The second-order valence-electron chi connectivity index (χ2n) is 5.62. The Bertz CT molecular complexity index is 585. The van der Waals surface area contributed by atoms with Crippen molar-refractivity contribution in [2.45, 2.75) is 52.0 Å². The van der Waals surface area contributed by atoms with E-state index in [-0.39, 0.29) is 6.42 Å². The van der Waals surface area contributed by atoms with Gasteiger partial charge in [-0.15, -0.1) is 0 Å². The van der Waals surface area contributed by atoms with Crippen LogP contribution in [-0.2, 0) is 13.1 Å². The number of alkyl halides is 3. The molecule has 21 heavy (non-hydrogen) atoms. The lowest BCUT2D eigenvalue weighted by Crippen LogP contribution is -2.21. The molecule has 116 valence electrons. The van der Waals surface area contributed by atoms with Crippen molar-refractivity contribution in [3.8, 4) is 0 Å². The first-order valence-corrected chi connectivity index (χ1v) is 7.24. The second kappa shape index (κ2) is 6.52. The molecule has 2 aromatic rings. The van der Waals surface area contributed by atoms with Gasteiger partial charge in [-0.3, -0.25) is 0 Å². The van der Waals surface area contributed by atoms with Crippen molar-refractivity contribution >= 4 is 10.9 Å². The zero-order valence-electron chi connectivity index (χ0n) is 12.4. The Morgan fingerprint density at radius 1 is 1.19 bits per heavy atom. The number of hydrogen-bond acceptors (Lipinski definition) is 1. The summed E-state index contributed by atoms with van der Waals surface area (Å²) in [6.45, 7) is 5.26. The van der Waals surface area contributed by atoms with Crippen molar-refractivity contribution in [3.05, 3.63) is 36.0 Å². The van der Waals surface area contributed by atoms with Crippen LogP contribution in [-0.4, -0.2) is 16.8 Å². The first-order valence-electron chi connectivity index (χ1n) is 7.24. The first kappa shape index (κ1) is 15.9. The number of rotatable bonds is 6. The molecule has 0 bridgehead atoms. The summed E-state index contributed by atoms with van der Waals surface area (Å²) in [5.74, 6) is 0. The third-order valence-corrected chi connectivity index (χ3v) is 3.43. The zero-order valence-corrected chi connectivity index (χ0v) is 12.4. The number of benzene rings is 1. The van der Waals surface area contributed by atoms with E-state index in [0.29, 0.717) is 12.6 Å². The summed E-state index contributed by atoms with van der Waals surface area (Å²) in [5.41, 5.74) is 2.13. The molecule has 2 rings (SSSR count). The maximum Gasteiger partial charge on any atom is 0.389 e. The summed E-state index contributed by atoms with van der Waals surface area (Å²) < 4.78 is 38.7. The van der Waals surface area contributed by atoms with Gasteiger partial charge in [0.05, 0.1) is 0 Å². The highest BCUT2D eigenvalue weighted by atomic mass is 19.4. The van der Waals surface area contributed by atoms with Crippen LogP contribution in [0, 0.1) is 0 Å². The first-order chi connectivity index (χ1) is 9.87. The zero-order chi connectivity index (χ0) is 15.5. The molecule has 1 N–H and O–H groups in total. The third-order valence-electron chi connectivity index (χ3n) is 3.43. The molecule has 0 amide bonds. The molecule has 0 spiro atoms. The number of aromatic nitrogens is 1. The van der Waals surface area contributed by atoms with Gasteiger partial charge in [0, 0.05) is 42.7 Å². The van der Waals surface area contributed by atoms with Gasteiger partial charge in [-0.1, -0.05) is 32.0 Å². The molecule has 1 aromatic heterocycles. The summed E-state index contributed by atoms with van der Waals surface area (Å²) in [6, 6.07) is 8.23. The molecular weight excluding hydrogens is 277 g/mol. The van der Waals surface area contributed by atoms with Crippen LogP contribution in [0.5, 0.6) is 0 Å². The topological polar surface area (TPSA) is 17.0 Å². The van der Waals surface area contributed by atoms with Gasteiger partial charge in [0.1, 0.15) is 0 Å². The molecule has 0 aliphatic heterocycles. The number of fused-ring (bicyclic) bond motifs is 1. The predicted octanol–water partition coefficient (Wildman–Crippen LogP) is 4.48. The SMILES string of the molecule is CC(C)NCc1cn(CCCC(F)(F)F)c2ccccc12. The van der Waals surface area contributed by atoms with Gasteiger partial charge in [0.15, 0.2) is 0 Å². The van der Waals surface area contributed by atoms with E-state index in [1.807, 2.05) is 35.0 Å². The van der Waals surface area contributed by atoms with Gasteiger partial charge in [-0.2, -0.15) is 13.2 Å². The van der Waals surface area contributed by atoms with Gasteiger partial charge in [0.25, 0.3) is 0 Å². The minimum absolute atomic E-state index is 0.110. The third kappa shape index (κ3) is 4.49. The van der Waals surface area contributed by atoms with Crippen LogP contribution in [0.15, 0.2) is 30.5 Å². The molecular formula is C16H21F3N2. The molecule has 5 heteroatoms. The lowest BCUT2D eigenvalue weighted by atomic mass is 10.1. The molecule has 0 radical (unpaired) electrons. The van der Waals surface area contributed by atoms with E-state index in [2.05, 4.69) is 19.2 Å². The molecule has 0 aliphatic carbocycles.